The highest BCUT2D eigenvalue weighted by Gasteiger charge is 2.25. The number of H-pyrrole nitrogens is 1. The van der Waals surface area contributed by atoms with Crippen LogP contribution < -0.4 is 0 Å². The first-order chi connectivity index (χ1) is 11.3. The Labute approximate surface area is 141 Å². The van der Waals surface area contributed by atoms with Gasteiger partial charge >= 0.3 is 11.9 Å². The molecule has 1 saturated heterocycles. The minimum Gasteiger partial charge on any atom is -0.459 e. The fourth-order valence-corrected chi connectivity index (χ4v) is 2.79. The summed E-state index contributed by atoms with van der Waals surface area (Å²) in [6, 6.07) is 0. The van der Waals surface area contributed by atoms with Gasteiger partial charge in [0, 0.05) is 18.8 Å². The zero-order chi connectivity index (χ0) is 17.9. The molecule has 7 nitrogen and oxygen atoms in total. The smallest absolute Gasteiger partial charge is 0.355 e. The van der Waals surface area contributed by atoms with Crippen LogP contribution in [-0.4, -0.2) is 53.5 Å². The third-order valence-electron chi connectivity index (χ3n) is 3.97. The molecule has 1 fully saturated rings. The lowest BCUT2D eigenvalue weighted by Gasteiger charge is -2.14. The first-order valence-electron chi connectivity index (χ1n) is 8.16. The number of aromatic amines is 1. The molecule has 0 aliphatic carbocycles. The van der Waals surface area contributed by atoms with Gasteiger partial charge in [0.15, 0.2) is 6.61 Å². The minimum atomic E-state index is -0.647. The predicted octanol–water partition coefficient (Wildman–Crippen LogP) is 1.98. The van der Waals surface area contributed by atoms with Crippen molar-refractivity contribution in [3.05, 3.63) is 22.5 Å². The number of hydrogen-bond donors (Lipinski definition) is 1. The fourth-order valence-electron chi connectivity index (χ4n) is 2.79. The highest BCUT2D eigenvalue weighted by molar-refractivity contribution is 5.99. The number of likely N-dealkylation sites (tertiary alicyclic amines) is 1. The van der Waals surface area contributed by atoms with Crippen LogP contribution in [-0.2, 0) is 14.3 Å². The number of rotatable bonds is 5. The molecule has 132 valence electrons. The van der Waals surface area contributed by atoms with Gasteiger partial charge in [0.2, 0.25) is 0 Å². The number of esters is 2. The van der Waals surface area contributed by atoms with Crippen molar-refractivity contribution in [3.8, 4) is 0 Å². The molecule has 1 aliphatic heterocycles. The maximum absolute atomic E-state index is 12.2. The van der Waals surface area contributed by atoms with Gasteiger partial charge in [0.1, 0.15) is 5.69 Å². The monoisotopic (exact) mass is 336 g/mol. The summed E-state index contributed by atoms with van der Waals surface area (Å²) in [4.78, 5) is 40.8. The average Bonchev–Trinajstić information content (AvgIpc) is 3.12. The average molecular weight is 336 g/mol. The molecule has 0 spiro atoms. The van der Waals surface area contributed by atoms with Crippen molar-refractivity contribution in [1.82, 2.24) is 9.88 Å². The number of nitrogens with one attached hydrogen (secondary N) is 1. The lowest BCUT2D eigenvalue weighted by atomic mass is 10.1. The topological polar surface area (TPSA) is 88.7 Å². The Morgan fingerprint density at radius 2 is 1.75 bits per heavy atom. The molecule has 0 saturated carbocycles. The number of aryl methyl sites for hydroxylation is 1. The lowest BCUT2D eigenvalue weighted by molar-refractivity contribution is -0.133. The Kier molecular flexibility index (Phi) is 5.64. The third-order valence-corrected chi connectivity index (χ3v) is 3.97. The highest BCUT2D eigenvalue weighted by Crippen LogP contribution is 2.20. The molecule has 0 radical (unpaired) electrons. The van der Waals surface area contributed by atoms with E-state index in [4.69, 9.17) is 9.47 Å². The molecule has 1 aromatic heterocycles. The summed E-state index contributed by atoms with van der Waals surface area (Å²) in [6.45, 7) is 7.99. The van der Waals surface area contributed by atoms with Crippen molar-refractivity contribution in [3.63, 3.8) is 0 Å². The maximum atomic E-state index is 12.2. The van der Waals surface area contributed by atoms with E-state index in [1.54, 1.807) is 32.6 Å². The van der Waals surface area contributed by atoms with E-state index in [1.807, 2.05) is 0 Å². The SMILES string of the molecule is Cc1[nH]c(C(=O)OCC(=O)N2CCCC2)c(C)c1C(=O)OC(C)C. The molecule has 1 amide bonds. The van der Waals surface area contributed by atoms with Gasteiger partial charge in [0.25, 0.3) is 5.91 Å². The molecule has 24 heavy (non-hydrogen) atoms. The Hall–Kier alpha value is -2.31. The summed E-state index contributed by atoms with van der Waals surface area (Å²) in [5, 5.41) is 0. The molecule has 0 atom stereocenters. The van der Waals surface area contributed by atoms with E-state index in [9.17, 15) is 14.4 Å². The first kappa shape index (κ1) is 18.0. The van der Waals surface area contributed by atoms with E-state index < -0.39 is 11.9 Å². The molecular formula is C17H24N2O5. The molecule has 0 unspecified atom stereocenters. The summed E-state index contributed by atoms with van der Waals surface area (Å²) in [6.07, 6.45) is 1.71. The van der Waals surface area contributed by atoms with Crippen LogP contribution in [0.1, 0.15) is 58.8 Å². The predicted molar refractivity (Wildman–Crippen MR) is 86.9 cm³/mol. The number of aromatic nitrogens is 1. The number of hydrogen-bond acceptors (Lipinski definition) is 5. The number of nitrogens with zero attached hydrogens (tertiary/aromatic N) is 1. The van der Waals surface area contributed by atoms with Gasteiger partial charge in [-0.15, -0.1) is 0 Å². The van der Waals surface area contributed by atoms with Crippen LogP contribution in [0.15, 0.2) is 0 Å². The number of carbonyl (C=O) groups is 3. The van der Waals surface area contributed by atoms with Crippen molar-refractivity contribution in [2.75, 3.05) is 19.7 Å². The van der Waals surface area contributed by atoms with Crippen LogP contribution in [0, 0.1) is 13.8 Å². The third kappa shape index (κ3) is 3.96. The van der Waals surface area contributed by atoms with Gasteiger partial charge in [-0.05, 0) is 46.1 Å². The summed E-state index contributed by atoms with van der Waals surface area (Å²) < 4.78 is 10.3. The van der Waals surface area contributed by atoms with E-state index in [1.165, 1.54) is 0 Å². The van der Waals surface area contributed by atoms with Crippen LogP contribution in [0.5, 0.6) is 0 Å². The zero-order valence-electron chi connectivity index (χ0n) is 14.6. The van der Waals surface area contributed by atoms with Crippen LogP contribution in [0.3, 0.4) is 0 Å². The van der Waals surface area contributed by atoms with E-state index in [0.717, 1.165) is 12.8 Å². The fraction of sp³-hybridized carbons (Fsp3) is 0.588. The number of carbonyl (C=O) groups excluding carboxylic acids is 3. The standard InChI is InChI=1S/C17H24N2O5/c1-10(2)24-16(21)14-11(3)15(18-12(14)4)17(22)23-9-13(20)19-7-5-6-8-19/h10,18H,5-9H2,1-4H3. The lowest BCUT2D eigenvalue weighted by Crippen LogP contribution is -2.32. The molecule has 0 bridgehead atoms. The normalized spacial score (nSPS) is 14.1. The van der Waals surface area contributed by atoms with Gasteiger partial charge in [-0.1, -0.05) is 0 Å². The van der Waals surface area contributed by atoms with Gasteiger partial charge in [0.05, 0.1) is 11.7 Å². The second-order valence-corrected chi connectivity index (χ2v) is 6.24. The van der Waals surface area contributed by atoms with Crippen LogP contribution in [0.2, 0.25) is 0 Å². The van der Waals surface area contributed by atoms with Crippen molar-refractivity contribution in [2.24, 2.45) is 0 Å². The van der Waals surface area contributed by atoms with Gasteiger partial charge in [-0.25, -0.2) is 9.59 Å². The molecule has 2 heterocycles. The summed E-state index contributed by atoms with van der Waals surface area (Å²) in [5.41, 5.74) is 1.52. The molecular weight excluding hydrogens is 312 g/mol. The first-order valence-corrected chi connectivity index (χ1v) is 8.16. The highest BCUT2D eigenvalue weighted by atomic mass is 16.5. The van der Waals surface area contributed by atoms with E-state index in [-0.39, 0.29) is 24.3 Å². The van der Waals surface area contributed by atoms with Crippen molar-refractivity contribution < 1.29 is 23.9 Å². The Bertz CT molecular complexity index is 642. The largest absolute Gasteiger partial charge is 0.459 e. The van der Waals surface area contributed by atoms with Crippen molar-refractivity contribution in [1.29, 1.82) is 0 Å². The van der Waals surface area contributed by atoms with Crippen LogP contribution >= 0.6 is 0 Å². The Morgan fingerprint density at radius 3 is 2.33 bits per heavy atom. The van der Waals surface area contributed by atoms with Gasteiger partial charge < -0.3 is 19.4 Å². The van der Waals surface area contributed by atoms with Crippen LogP contribution in [0.4, 0.5) is 0 Å². The molecule has 2 rings (SSSR count). The van der Waals surface area contributed by atoms with E-state index in [2.05, 4.69) is 4.98 Å². The molecule has 1 aliphatic rings. The molecule has 7 heteroatoms. The Balaban J connectivity index is 2.04. The summed E-state index contributed by atoms with van der Waals surface area (Å²) in [5.74, 6) is -1.32. The van der Waals surface area contributed by atoms with Crippen LogP contribution in [0.25, 0.3) is 0 Å². The second kappa shape index (κ2) is 7.51. The molecule has 1 aromatic rings. The minimum absolute atomic E-state index is 0.178. The zero-order valence-corrected chi connectivity index (χ0v) is 14.6. The quantitative estimate of drug-likeness (QED) is 0.831. The second-order valence-electron chi connectivity index (χ2n) is 6.24. The number of amides is 1. The summed E-state index contributed by atoms with van der Waals surface area (Å²) in [7, 11) is 0. The van der Waals surface area contributed by atoms with Crippen molar-refractivity contribution in [2.45, 2.75) is 46.6 Å². The van der Waals surface area contributed by atoms with E-state index in [0.29, 0.717) is 29.9 Å². The molecule has 1 N–H and O–H groups in total. The van der Waals surface area contributed by atoms with Gasteiger partial charge in [-0.2, -0.15) is 0 Å². The Morgan fingerprint density at radius 1 is 1.12 bits per heavy atom. The summed E-state index contributed by atoms with van der Waals surface area (Å²) >= 11 is 0. The van der Waals surface area contributed by atoms with E-state index >= 15 is 0 Å². The maximum Gasteiger partial charge on any atom is 0.355 e. The van der Waals surface area contributed by atoms with Crippen molar-refractivity contribution >= 4 is 17.8 Å². The van der Waals surface area contributed by atoms with Gasteiger partial charge in [-0.3, -0.25) is 4.79 Å². The number of ether oxygens (including phenoxy) is 2. The molecule has 0 aromatic carbocycles.